The van der Waals surface area contributed by atoms with Crippen molar-refractivity contribution in [3.8, 4) is 5.69 Å². The fourth-order valence-electron chi connectivity index (χ4n) is 12.3. The minimum absolute atomic E-state index is 0.141. The van der Waals surface area contributed by atoms with Gasteiger partial charge in [-0.3, -0.25) is 0 Å². The summed E-state index contributed by atoms with van der Waals surface area (Å²) in [6.07, 6.45) is 4.67. The van der Waals surface area contributed by atoms with Gasteiger partial charge in [0, 0.05) is 44.6 Å². The van der Waals surface area contributed by atoms with Gasteiger partial charge in [0.05, 0.1) is 22.4 Å². The molecule has 0 aliphatic heterocycles. The van der Waals surface area contributed by atoms with Gasteiger partial charge in [0.25, 0.3) is 0 Å². The first-order valence-corrected chi connectivity index (χ1v) is 22.3. The zero-order valence-electron chi connectivity index (χ0n) is 34.5. The Morgan fingerprint density at radius 2 is 0.903 bits per heavy atom. The molecule has 3 unspecified atom stereocenters. The third-order valence-electron chi connectivity index (χ3n) is 14.6. The van der Waals surface area contributed by atoms with E-state index in [9.17, 15) is 0 Å². The van der Waals surface area contributed by atoms with Crippen molar-refractivity contribution in [2.24, 2.45) is 11.8 Å². The van der Waals surface area contributed by atoms with Crippen molar-refractivity contribution in [3.05, 3.63) is 235 Å². The molecule has 3 atom stereocenters. The van der Waals surface area contributed by atoms with Crippen LogP contribution in [0.1, 0.15) is 35.1 Å². The Morgan fingerprint density at radius 3 is 1.55 bits per heavy atom. The maximum absolute atomic E-state index is 2.58. The van der Waals surface area contributed by atoms with Crippen molar-refractivity contribution in [1.82, 2.24) is 4.57 Å². The number of anilines is 6. The fraction of sp³-hybridized carbons (Fsp3) is 0.119. The topological polar surface area (TPSA) is 11.4 Å². The molecule has 10 aromatic rings. The van der Waals surface area contributed by atoms with Crippen LogP contribution >= 0.6 is 0 Å². The van der Waals surface area contributed by atoms with E-state index in [-0.39, 0.29) is 5.41 Å². The molecular formula is C59H45N3. The zero-order chi connectivity index (χ0) is 40.8. The third-order valence-corrected chi connectivity index (χ3v) is 14.6. The maximum Gasteiger partial charge on any atom is 0.0561 e. The molecule has 3 nitrogen and oxygen atoms in total. The summed E-state index contributed by atoms with van der Waals surface area (Å²) < 4.78 is 2.44. The average Bonchev–Trinajstić information content (AvgIpc) is 4.05. The lowest BCUT2D eigenvalue weighted by molar-refractivity contribution is 0.350. The van der Waals surface area contributed by atoms with Crippen LogP contribution in [0.5, 0.6) is 0 Å². The molecule has 0 radical (unpaired) electrons. The number of fused-ring (bicyclic) bond motifs is 6. The largest absolute Gasteiger partial charge is 0.310 e. The predicted octanol–water partition coefficient (Wildman–Crippen LogP) is 15.3. The highest BCUT2D eigenvalue weighted by Gasteiger charge is 2.62. The molecule has 62 heavy (non-hydrogen) atoms. The molecule has 3 aliphatic rings. The van der Waals surface area contributed by atoms with Crippen molar-refractivity contribution in [3.63, 3.8) is 0 Å². The first-order valence-electron chi connectivity index (χ1n) is 22.3. The van der Waals surface area contributed by atoms with Gasteiger partial charge < -0.3 is 14.4 Å². The van der Waals surface area contributed by atoms with E-state index in [0.29, 0.717) is 11.8 Å². The SMILES string of the molecule is c1ccc(N(c2ccc3ccccc3c2)c2cccc3c2C24c5c(cccc5N(c5ccccc5)c5ccc6c7ccccc7n(-c7ccccc7)c6c5)CC2CCC4C3)cc1. The molecule has 1 fully saturated rings. The van der Waals surface area contributed by atoms with Gasteiger partial charge in [-0.2, -0.15) is 0 Å². The zero-order valence-corrected chi connectivity index (χ0v) is 34.5. The van der Waals surface area contributed by atoms with Crippen LogP contribution in [0.4, 0.5) is 34.1 Å². The molecule has 0 saturated heterocycles. The molecule has 0 N–H and O–H groups in total. The summed E-state index contributed by atoms with van der Waals surface area (Å²) >= 11 is 0. The first-order chi connectivity index (χ1) is 30.8. The second-order valence-electron chi connectivity index (χ2n) is 17.6. The van der Waals surface area contributed by atoms with E-state index in [1.807, 2.05) is 0 Å². The standard InChI is InChI=1S/C59H45N3/c1-4-20-46(21-5-1)60(49-33-30-40-16-10-11-17-41(40)38-49)54-28-14-18-42-36-44-31-32-45-37-43-19-15-29-55(58(43)59(44,45)57(42)54)61(47-22-6-2-7-23-47)50-34-35-52-51-26-12-13-27-53(51)62(56(52)39-50)48-24-8-3-9-25-48/h1-30,33-35,38-39,44-45H,31-32,36-37H2. The lowest BCUT2D eigenvalue weighted by Gasteiger charge is -2.40. The minimum atomic E-state index is -0.141. The van der Waals surface area contributed by atoms with E-state index < -0.39 is 0 Å². The normalized spacial score (nSPS) is 18.5. The molecule has 13 rings (SSSR count). The van der Waals surface area contributed by atoms with Crippen molar-refractivity contribution in [1.29, 1.82) is 0 Å². The Bertz CT molecular complexity index is 3320. The van der Waals surface area contributed by atoms with Crippen LogP contribution in [0.2, 0.25) is 0 Å². The van der Waals surface area contributed by atoms with E-state index in [1.165, 1.54) is 107 Å². The predicted molar refractivity (Wildman–Crippen MR) is 258 cm³/mol. The highest BCUT2D eigenvalue weighted by atomic mass is 15.2. The Balaban J connectivity index is 1.06. The smallest absolute Gasteiger partial charge is 0.0561 e. The first kappa shape index (κ1) is 35.4. The molecule has 3 aliphatic carbocycles. The number of hydrogen-bond acceptors (Lipinski definition) is 2. The van der Waals surface area contributed by atoms with Gasteiger partial charge in [-0.25, -0.2) is 0 Å². The lowest BCUT2D eigenvalue weighted by Crippen LogP contribution is -2.34. The summed E-state index contributed by atoms with van der Waals surface area (Å²) in [5.74, 6) is 1.03. The number of nitrogens with zero attached hydrogens (tertiary/aromatic N) is 3. The number of aromatic nitrogens is 1. The molecule has 0 amide bonds. The van der Waals surface area contributed by atoms with Gasteiger partial charge in [0.1, 0.15) is 0 Å². The minimum Gasteiger partial charge on any atom is -0.310 e. The number of para-hydroxylation sites is 4. The van der Waals surface area contributed by atoms with Gasteiger partial charge in [-0.15, -0.1) is 0 Å². The fourth-order valence-corrected chi connectivity index (χ4v) is 12.3. The van der Waals surface area contributed by atoms with Crippen LogP contribution in [0.25, 0.3) is 38.3 Å². The summed E-state index contributed by atoms with van der Waals surface area (Å²) in [5, 5.41) is 5.04. The van der Waals surface area contributed by atoms with E-state index in [0.717, 1.165) is 12.8 Å². The van der Waals surface area contributed by atoms with Crippen LogP contribution in [-0.4, -0.2) is 4.57 Å². The van der Waals surface area contributed by atoms with E-state index in [2.05, 4.69) is 227 Å². The molecule has 1 spiro atoms. The lowest BCUT2D eigenvalue weighted by atomic mass is 9.68. The molecule has 1 aromatic heterocycles. The highest BCUT2D eigenvalue weighted by molar-refractivity contribution is 6.10. The van der Waals surface area contributed by atoms with Gasteiger partial charge in [-0.1, -0.05) is 133 Å². The molecular weight excluding hydrogens is 751 g/mol. The van der Waals surface area contributed by atoms with E-state index in [1.54, 1.807) is 0 Å². The van der Waals surface area contributed by atoms with Crippen molar-refractivity contribution in [2.75, 3.05) is 9.80 Å². The molecule has 1 heterocycles. The number of rotatable bonds is 7. The third kappa shape index (κ3) is 5.12. The quantitative estimate of drug-likeness (QED) is 0.159. The van der Waals surface area contributed by atoms with Crippen molar-refractivity contribution >= 4 is 66.7 Å². The second-order valence-corrected chi connectivity index (χ2v) is 17.6. The molecule has 0 bridgehead atoms. The highest BCUT2D eigenvalue weighted by Crippen LogP contribution is 2.69. The average molecular weight is 796 g/mol. The number of benzene rings is 9. The van der Waals surface area contributed by atoms with E-state index in [4.69, 9.17) is 0 Å². The Morgan fingerprint density at radius 1 is 0.387 bits per heavy atom. The Hall–Kier alpha value is -7.36. The summed E-state index contributed by atoms with van der Waals surface area (Å²) in [4.78, 5) is 5.14. The summed E-state index contributed by atoms with van der Waals surface area (Å²) in [5.41, 5.74) is 16.8. The van der Waals surface area contributed by atoms with Crippen molar-refractivity contribution in [2.45, 2.75) is 31.1 Å². The molecule has 9 aromatic carbocycles. The maximum atomic E-state index is 2.58. The van der Waals surface area contributed by atoms with Crippen LogP contribution in [-0.2, 0) is 18.3 Å². The van der Waals surface area contributed by atoms with Gasteiger partial charge in [0.2, 0.25) is 0 Å². The van der Waals surface area contributed by atoms with Crippen LogP contribution in [0.15, 0.2) is 212 Å². The van der Waals surface area contributed by atoms with Crippen LogP contribution in [0.3, 0.4) is 0 Å². The molecule has 3 heteroatoms. The molecule has 296 valence electrons. The van der Waals surface area contributed by atoms with Gasteiger partial charge in [-0.05, 0) is 149 Å². The molecule has 1 saturated carbocycles. The van der Waals surface area contributed by atoms with Gasteiger partial charge in [0.15, 0.2) is 0 Å². The van der Waals surface area contributed by atoms with Crippen LogP contribution in [0, 0.1) is 11.8 Å². The van der Waals surface area contributed by atoms with Crippen LogP contribution < -0.4 is 9.80 Å². The Kier molecular flexibility index (Phi) is 7.90. The number of hydrogen-bond donors (Lipinski definition) is 0. The van der Waals surface area contributed by atoms with Gasteiger partial charge >= 0.3 is 0 Å². The monoisotopic (exact) mass is 795 g/mol. The van der Waals surface area contributed by atoms with E-state index >= 15 is 0 Å². The Labute approximate surface area is 362 Å². The summed E-state index contributed by atoms with van der Waals surface area (Å²) in [6.45, 7) is 0. The summed E-state index contributed by atoms with van der Waals surface area (Å²) in [6, 6.07) is 79.1. The summed E-state index contributed by atoms with van der Waals surface area (Å²) in [7, 11) is 0. The van der Waals surface area contributed by atoms with Crippen molar-refractivity contribution < 1.29 is 0 Å². The second kappa shape index (κ2) is 13.8.